The molecule has 1 N–H and O–H groups in total. The summed E-state index contributed by atoms with van der Waals surface area (Å²) in [7, 11) is 3.66. The van der Waals surface area contributed by atoms with Gasteiger partial charge in [0, 0.05) is 40.3 Å². The molecule has 3 rings (SSSR count). The SMILES string of the molecule is COCCCNC(=NCc1nnc(C)n1C)N1CCC(Oc2ccccc2Cl)C1.I. The Hall–Kier alpha value is -1.59. The lowest BCUT2D eigenvalue weighted by molar-refractivity contribution is 0.195. The third-order valence-electron chi connectivity index (χ3n) is 4.94. The van der Waals surface area contributed by atoms with Gasteiger partial charge in [-0.3, -0.25) is 0 Å². The van der Waals surface area contributed by atoms with Crippen LogP contribution in [0.1, 0.15) is 24.5 Å². The zero-order valence-corrected chi connectivity index (χ0v) is 20.8. The Morgan fingerprint density at radius 2 is 2.13 bits per heavy atom. The van der Waals surface area contributed by atoms with Gasteiger partial charge >= 0.3 is 0 Å². The summed E-state index contributed by atoms with van der Waals surface area (Å²) in [5.74, 6) is 3.29. The second kappa shape index (κ2) is 12.3. The Morgan fingerprint density at radius 3 is 2.83 bits per heavy atom. The molecular weight excluding hydrogens is 519 g/mol. The maximum atomic E-state index is 6.23. The first-order valence-corrected chi connectivity index (χ1v) is 10.2. The fourth-order valence-electron chi connectivity index (χ4n) is 3.16. The number of benzene rings is 1. The number of guanidine groups is 1. The van der Waals surface area contributed by atoms with E-state index in [4.69, 9.17) is 26.1 Å². The van der Waals surface area contributed by atoms with E-state index in [-0.39, 0.29) is 30.1 Å². The van der Waals surface area contributed by atoms with Crippen molar-refractivity contribution >= 4 is 41.5 Å². The molecule has 10 heteroatoms. The molecule has 0 bridgehead atoms. The van der Waals surface area contributed by atoms with Gasteiger partial charge in [0.2, 0.25) is 0 Å². The van der Waals surface area contributed by atoms with Gasteiger partial charge < -0.3 is 24.3 Å². The summed E-state index contributed by atoms with van der Waals surface area (Å²) in [6.45, 7) is 5.51. The van der Waals surface area contributed by atoms with Crippen molar-refractivity contribution in [3.63, 3.8) is 0 Å². The highest BCUT2D eigenvalue weighted by atomic mass is 127. The molecule has 1 atom stereocenters. The Bertz CT molecular complexity index is 831. The van der Waals surface area contributed by atoms with E-state index in [1.807, 2.05) is 42.8 Å². The average Bonchev–Trinajstić information content (AvgIpc) is 3.31. The molecule has 8 nitrogen and oxygen atoms in total. The number of nitrogens with zero attached hydrogens (tertiary/aromatic N) is 5. The van der Waals surface area contributed by atoms with Crippen LogP contribution in [0.25, 0.3) is 0 Å². The molecule has 1 aliphatic rings. The van der Waals surface area contributed by atoms with Gasteiger partial charge in [-0.25, -0.2) is 4.99 Å². The summed E-state index contributed by atoms with van der Waals surface area (Å²) in [6.07, 6.45) is 1.89. The van der Waals surface area contributed by atoms with Crippen molar-refractivity contribution in [2.75, 3.05) is 33.4 Å². The van der Waals surface area contributed by atoms with Gasteiger partial charge in [0.05, 0.1) is 11.6 Å². The molecule has 0 amide bonds. The van der Waals surface area contributed by atoms with Gasteiger partial charge in [-0.2, -0.15) is 0 Å². The van der Waals surface area contributed by atoms with Crippen molar-refractivity contribution in [3.05, 3.63) is 40.9 Å². The molecule has 0 spiro atoms. The van der Waals surface area contributed by atoms with Crippen LogP contribution in [0.3, 0.4) is 0 Å². The molecule has 1 fully saturated rings. The summed E-state index contributed by atoms with van der Waals surface area (Å²) in [5.41, 5.74) is 0. The monoisotopic (exact) mass is 548 g/mol. The Kier molecular flexibility index (Phi) is 10.1. The van der Waals surface area contributed by atoms with E-state index in [0.29, 0.717) is 18.2 Å². The molecule has 1 aliphatic heterocycles. The van der Waals surface area contributed by atoms with Gasteiger partial charge in [0.25, 0.3) is 0 Å². The number of rotatable bonds is 8. The molecule has 1 saturated heterocycles. The fourth-order valence-corrected chi connectivity index (χ4v) is 3.34. The molecule has 0 radical (unpaired) electrons. The van der Waals surface area contributed by atoms with E-state index in [1.54, 1.807) is 7.11 Å². The van der Waals surface area contributed by atoms with Gasteiger partial charge in [0.15, 0.2) is 11.8 Å². The summed E-state index contributed by atoms with van der Waals surface area (Å²) >= 11 is 6.23. The highest BCUT2D eigenvalue weighted by Gasteiger charge is 2.27. The molecule has 1 unspecified atom stereocenters. The van der Waals surface area contributed by atoms with Crippen LogP contribution in [-0.4, -0.2) is 65.1 Å². The Morgan fingerprint density at radius 1 is 1.33 bits per heavy atom. The quantitative estimate of drug-likeness (QED) is 0.237. The van der Waals surface area contributed by atoms with Gasteiger partial charge in [-0.1, -0.05) is 23.7 Å². The van der Waals surface area contributed by atoms with Gasteiger partial charge in [0.1, 0.15) is 24.2 Å². The topological polar surface area (TPSA) is 76.8 Å². The first kappa shape index (κ1) is 24.7. The van der Waals surface area contributed by atoms with E-state index in [2.05, 4.69) is 20.4 Å². The van der Waals surface area contributed by atoms with Crippen LogP contribution >= 0.6 is 35.6 Å². The van der Waals surface area contributed by atoms with Crippen molar-refractivity contribution < 1.29 is 9.47 Å². The van der Waals surface area contributed by atoms with Crippen molar-refractivity contribution in [2.24, 2.45) is 12.0 Å². The predicted octanol–water partition coefficient (Wildman–Crippen LogP) is 3.03. The maximum absolute atomic E-state index is 6.23. The number of para-hydroxylation sites is 1. The molecule has 1 aromatic heterocycles. The van der Waals surface area contributed by atoms with E-state index in [0.717, 1.165) is 55.8 Å². The van der Waals surface area contributed by atoms with Crippen LogP contribution in [-0.2, 0) is 18.3 Å². The number of likely N-dealkylation sites (tertiary alicyclic amines) is 1. The smallest absolute Gasteiger partial charge is 0.194 e. The molecule has 30 heavy (non-hydrogen) atoms. The Balaban J connectivity index is 0.00000320. The highest BCUT2D eigenvalue weighted by molar-refractivity contribution is 14.0. The zero-order valence-electron chi connectivity index (χ0n) is 17.7. The number of hydrogen-bond donors (Lipinski definition) is 1. The molecule has 0 saturated carbocycles. The van der Waals surface area contributed by atoms with Crippen molar-refractivity contribution in [2.45, 2.75) is 32.4 Å². The molecule has 166 valence electrons. The third kappa shape index (κ3) is 6.71. The first-order valence-electron chi connectivity index (χ1n) is 9.86. The second-order valence-corrected chi connectivity index (χ2v) is 7.45. The third-order valence-corrected chi connectivity index (χ3v) is 5.25. The Labute approximate surface area is 200 Å². The minimum absolute atomic E-state index is 0. The van der Waals surface area contributed by atoms with Crippen LogP contribution in [0.4, 0.5) is 0 Å². The predicted molar refractivity (Wildman–Crippen MR) is 129 cm³/mol. The molecule has 0 aliphatic carbocycles. The summed E-state index contributed by atoms with van der Waals surface area (Å²) < 4.78 is 13.2. The lowest BCUT2D eigenvalue weighted by Gasteiger charge is -2.22. The number of halogens is 2. The van der Waals surface area contributed by atoms with E-state index in [9.17, 15) is 0 Å². The van der Waals surface area contributed by atoms with Crippen LogP contribution < -0.4 is 10.1 Å². The standard InChI is InChI=1S/C20H29ClN6O2.HI/c1-15-24-25-19(26(15)2)13-23-20(22-10-6-12-28-3)27-11-9-16(14-27)29-18-8-5-4-7-17(18)21;/h4-5,7-8,16H,6,9-14H2,1-3H3,(H,22,23);1H. The average molecular weight is 549 g/mol. The molecule has 2 aromatic rings. The van der Waals surface area contributed by atoms with Crippen molar-refractivity contribution in [3.8, 4) is 5.75 Å². The van der Waals surface area contributed by atoms with E-state index in [1.165, 1.54) is 0 Å². The number of methoxy groups -OCH3 is 1. The molecule has 1 aromatic carbocycles. The number of nitrogens with one attached hydrogen (secondary N) is 1. The lowest BCUT2D eigenvalue weighted by atomic mass is 10.3. The van der Waals surface area contributed by atoms with Crippen molar-refractivity contribution in [1.82, 2.24) is 25.0 Å². The van der Waals surface area contributed by atoms with E-state index < -0.39 is 0 Å². The number of hydrogen-bond acceptors (Lipinski definition) is 5. The number of ether oxygens (including phenoxy) is 2. The van der Waals surface area contributed by atoms with E-state index >= 15 is 0 Å². The summed E-state index contributed by atoms with van der Waals surface area (Å²) in [5, 5.41) is 12.4. The normalized spacial score (nSPS) is 16.5. The molecule has 2 heterocycles. The molecular formula is C20H30ClIN6O2. The van der Waals surface area contributed by atoms with Crippen LogP contribution in [0.15, 0.2) is 29.3 Å². The van der Waals surface area contributed by atoms with Crippen molar-refractivity contribution in [1.29, 1.82) is 0 Å². The summed E-state index contributed by atoms with van der Waals surface area (Å²) in [6, 6.07) is 7.58. The van der Waals surface area contributed by atoms with Gasteiger partial charge in [-0.05, 0) is 25.5 Å². The van der Waals surface area contributed by atoms with Gasteiger partial charge in [-0.15, -0.1) is 34.2 Å². The minimum atomic E-state index is 0. The first-order chi connectivity index (χ1) is 14.1. The minimum Gasteiger partial charge on any atom is -0.487 e. The second-order valence-electron chi connectivity index (χ2n) is 7.04. The fraction of sp³-hybridized carbons (Fsp3) is 0.550. The number of aromatic nitrogens is 3. The zero-order chi connectivity index (χ0) is 20.6. The lowest BCUT2D eigenvalue weighted by Crippen LogP contribution is -2.41. The maximum Gasteiger partial charge on any atom is 0.194 e. The summed E-state index contributed by atoms with van der Waals surface area (Å²) in [4.78, 5) is 7.01. The number of aryl methyl sites for hydroxylation is 1. The van der Waals surface area contributed by atoms with Crippen LogP contribution in [0, 0.1) is 6.92 Å². The largest absolute Gasteiger partial charge is 0.487 e. The highest BCUT2D eigenvalue weighted by Crippen LogP contribution is 2.26. The number of aliphatic imine (C=N–C) groups is 1. The van der Waals surface area contributed by atoms with Crippen LogP contribution in [0.2, 0.25) is 5.02 Å². The van der Waals surface area contributed by atoms with Crippen LogP contribution in [0.5, 0.6) is 5.75 Å².